The first kappa shape index (κ1) is 15.1. The van der Waals surface area contributed by atoms with E-state index in [1.165, 1.54) is 0 Å². The summed E-state index contributed by atoms with van der Waals surface area (Å²) < 4.78 is 6.02. The van der Waals surface area contributed by atoms with Crippen molar-refractivity contribution in [2.24, 2.45) is 0 Å². The molecule has 21 heavy (non-hydrogen) atoms. The molecule has 3 rings (SSSR count). The highest BCUT2D eigenvalue weighted by atomic mass is 79.9. The third kappa shape index (κ3) is 2.43. The Morgan fingerprint density at radius 2 is 2.05 bits per heavy atom. The Hall–Kier alpha value is -0.850. The summed E-state index contributed by atoms with van der Waals surface area (Å²) >= 11 is 13.2. The number of fused-ring (bicyclic) bond motifs is 1. The third-order valence-electron chi connectivity index (χ3n) is 3.35. The van der Waals surface area contributed by atoms with Gasteiger partial charge in [-0.2, -0.15) is 5.10 Å². The van der Waals surface area contributed by atoms with Gasteiger partial charge in [-0.15, -0.1) is 11.6 Å². The van der Waals surface area contributed by atoms with Gasteiger partial charge in [0.1, 0.15) is 11.3 Å². The average Bonchev–Trinajstić information content (AvgIpc) is 2.99. The fourth-order valence-corrected chi connectivity index (χ4v) is 3.39. The van der Waals surface area contributed by atoms with E-state index >= 15 is 0 Å². The lowest BCUT2D eigenvalue weighted by Gasteiger charge is -2.11. The topological polar surface area (TPSA) is 35.6 Å². The summed E-state index contributed by atoms with van der Waals surface area (Å²) in [6.07, 6.45) is 0. The van der Waals surface area contributed by atoms with E-state index in [1.54, 1.807) is 0 Å². The summed E-state index contributed by atoms with van der Waals surface area (Å²) in [5.41, 5.74) is 3.80. The van der Waals surface area contributed by atoms with Crippen molar-refractivity contribution >= 4 is 54.6 Å². The van der Waals surface area contributed by atoms with Crippen LogP contribution in [-0.4, -0.2) is 19.3 Å². The van der Waals surface area contributed by atoms with Crippen molar-refractivity contribution in [1.29, 1.82) is 0 Å². The molecular weight excluding hydrogens is 419 g/mol. The number of rotatable bonds is 3. The van der Waals surface area contributed by atoms with E-state index in [0.29, 0.717) is 5.88 Å². The maximum absolute atomic E-state index is 6.11. The van der Waals surface area contributed by atoms with Crippen molar-refractivity contribution < 1.29 is 0 Å². The largest absolute Gasteiger partial charge is 0.279 e. The Bertz CT molecular complexity index is 822. The van der Waals surface area contributed by atoms with Gasteiger partial charge in [0.05, 0.1) is 17.3 Å². The number of benzene rings is 1. The van der Waals surface area contributed by atoms with E-state index in [4.69, 9.17) is 11.6 Å². The summed E-state index contributed by atoms with van der Waals surface area (Å²) in [5.74, 6) is 1.16. The van der Waals surface area contributed by atoms with Crippen LogP contribution in [-0.2, 0) is 12.4 Å². The zero-order valence-corrected chi connectivity index (χ0v) is 15.5. The lowest BCUT2D eigenvalue weighted by molar-refractivity contribution is 0.660. The van der Waals surface area contributed by atoms with E-state index in [1.807, 2.05) is 29.8 Å². The summed E-state index contributed by atoms with van der Waals surface area (Å²) in [6, 6.07) is 6.04. The van der Waals surface area contributed by atoms with Crippen LogP contribution in [0.25, 0.3) is 16.9 Å². The lowest BCUT2D eigenvalue weighted by atomic mass is 10.3. The quantitative estimate of drug-likeness (QED) is 0.557. The zero-order chi connectivity index (χ0) is 15.1. The molecule has 3 aromatic rings. The molecule has 0 fully saturated rings. The van der Waals surface area contributed by atoms with Crippen molar-refractivity contribution in [3.8, 4) is 5.69 Å². The van der Waals surface area contributed by atoms with Crippen LogP contribution in [0.2, 0.25) is 0 Å². The van der Waals surface area contributed by atoms with Crippen LogP contribution in [0.3, 0.4) is 0 Å². The van der Waals surface area contributed by atoms with Crippen molar-refractivity contribution in [3.63, 3.8) is 0 Å². The minimum Gasteiger partial charge on any atom is -0.279 e. The molecule has 2 aromatic heterocycles. The maximum atomic E-state index is 6.11. The van der Waals surface area contributed by atoms with E-state index in [2.05, 4.69) is 53.4 Å². The lowest BCUT2D eigenvalue weighted by Crippen LogP contribution is -2.06. The minimum absolute atomic E-state index is 0.344. The fraction of sp³-hybridized carbons (Fsp3) is 0.286. The normalized spacial score (nSPS) is 11.5. The molecule has 0 saturated carbocycles. The molecule has 0 aliphatic carbocycles. The Morgan fingerprint density at radius 1 is 1.29 bits per heavy atom. The summed E-state index contributed by atoms with van der Waals surface area (Å²) in [7, 11) is 0. The van der Waals surface area contributed by atoms with Crippen molar-refractivity contribution in [1.82, 2.24) is 19.3 Å². The first-order valence-corrected chi connectivity index (χ1v) is 8.65. The van der Waals surface area contributed by atoms with Gasteiger partial charge in [-0.1, -0.05) is 15.9 Å². The number of aryl methyl sites for hydroxylation is 2. The Morgan fingerprint density at radius 3 is 2.71 bits per heavy atom. The fourth-order valence-electron chi connectivity index (χ4n) is 2.43. The van der Waals surface area contributed by atoms with Crippen molar-refractivity contribution in [2.75, 3.05) is 0 Å². The monoisotopic (exact) mass is 430 g/mol. The summed E-state index contributed by atoms with van der Waals surface area (Å²) in [4.78, 5) is 4.66. The Kier molecular flexibility index (Phi) is 4.12. The van der Waals surface area contributed by atoms with Gasteiger partial charge >= 0.3 is 0 Å². The second kappa shape index (κ2) is 5.74. The Labute approximate surface area is 144 Å². The molecule has 0 atom stereocenters. The van der Waals surface area contributed by atoms with Gasteiger partial charge in [0, 0.05) is 15.5 Å². The number of nitrogens with zero attached hydrogens (tertiary/aromatic N) is 4. The molecule has 0 unspecified atom stereocenters. The van der Waals surface area contributed by atoms with Gasteiger partial charge in [0.25, 0.3) is 0 Å². The molecule has 0 amide bonds. The molecule has 0 N–H and O–H groups in total. The molecule has 0 spiro atoms. The second-order valence-corrected chi connectivity index (χ2v) is 6.70. The molecule has 2 heterocycles. The standard InChI is InChI=1S/C14H13Br2ClN4/c1-3-20-14-13(8(2)19-20)18-12(7-17)21(14)11-6-9(15)4-5-10(11)16/h4-6H,3,7H2,1-2H3. The number of halogens is 3. The molecule has 0 aliphatic rings. The average molecular weight is 433 g/mol. The first-order valence-electron chi connectivity index (χ1n) is 6.53. The molecule has 110 valence electrons. The van der Waals surface area contributed by atoms with Gasteiger partial charge < -0.3 is 0 Å². The van der Waals surface area contributed by atoms with Crippen molar-refractivity contribution in [2.45, 2.75) is 26.3 Å². The first-order chi connectivity index (χ1) is 10.1. The smallest absolute Gasteiger partial charge is 0.163 e. The highest BCUT2D eigenvalue weighted by Gasteiger charge is 2.20. The molecule has 0 aliphatic heterocycles. The van der Waals surface area contributed by atoms with Crippen LogP contribution in [0, 0.1) is 6.92 Å². The number of imidazole rings is 1. The molecule has 1 aromatic carbocycles. The van der Waals surface area contributed by atoms with Crippen LogP contribution in [0.4, 0.5) is 0 Å². The van der Waals surface area contributed by atoms with Crippen LogP contribution < -0.4 is 0 Å². The molecule has 0 bridgehead atoms. The van der Waals surface area contributed by atoms with E-state index in [-0.39, 0.29) is 0 Å². The summed E-state index contributed by atoms with van der Waals surface area (Å²) in [5, 5.41) is 4.55. The summed E-state index contributed by atoms with van der Waals surface area (Å²) in [6.45, 7) is 4.82. The van der Waals surface area contributed by atoms with Crippen LogP contribution in [0.5, 0.6) is 0 Å². The van der Waals surface area contributed by atoms with E-state index in [9.17, 15) is 0 Å². The number of hydrogen-bond donors (Lipinski definition) is 0. The minimum atomic E-state index is 0.344. The van der Waals surface area contributed by atoms with Gasteiger partial charge in [0.2, 0.25) is 0 Å². The van der Waals surface area contributed by atoms with Crippen molar-refractivity contribution in [3.05, 3.63) is 38.7 Å². The molecule has 4 nitrogen and oxygen atoms in total. The molecule has 7 heteroatoms. The van der Waals surface area contributed by atoms with E-state index in [0.717, 1.165) is 43.9 Å². The number of alkyl halides is 1. The number of aromatic nitrogens is 4. The highest BCUT2D eigenvalue weighted by molar-refractivity contribution is 9.11. The van der Waals surface area contributed by atoms with Gasteiger partial charge in [0.15, 0.2) is 5.65 Å². The van der Waals surface area contributed by atoms with Gasteiger partial charge in [-0.05, 0) is 48.0 Å². The van der Waals surface area contributed by atoms with Gasteiger partial charge in [-0.3, -0.25) is 4.57 Å². The predicted molar refractivity (Wildman–Crippen MR) is 92.2 cm³/mol. The van der Waals surface area contributed by atoms with Gasteiger partial charge in [-0.25, -0.2) is 9.67 Å². The second-order valence-electron chi connectivity index (χ2n) is 4.67. The molecular formula is C14H13Br2ClN4. The highest BCUT2D eigenvalue weighted by Crippen LogP contribution is 2.31. The van der Waals surface area contributed by atoms with Crippen LogP contribution in [0.1, 0.15) is 18.4 Å². The number of hydrogen-bond acceptors (Lipinski definition) is 2. The molecule has 0 saturated heterocycles. The predicted octanol–water partition coefficient (Wildman–Crippen LogP) is 4.81. The maximum Gasteiger partial charge on any atom is 0.163 e. The van der Waals surface area contributed by atoms with Crippen LogP contribution in [0.15, 0.2) is 27.1 Å². The third-order valence-corrected chi connectivity index (χ3v) is 4.75. The van der Waals surface area contributed by atoms with E-state index < -0.39 is 0 Å². The zero-order valence-electron chi connectivity index (χ0n) is 11.6. The molecule has 0 radical (unpaired) electrons. The Balaban J connectivity index is 2.42. The SMILES string of the molecule is CCn1nc(C)c2nc(CCl)n(-c3cc(Br)ccc3Br)c21. The van der Waals surface area contributed by atoms with Crippen LogP contribution >= 0.6 is 43.5 Å².